The predicted molar refractivity (Wildman–Crippen MR) is 99.4 cm³/mol. The third kappa shape index (κ3) is 3.85. The number of benzene rings is 2. The van der Waals surface area contributed by atoms with E-state index in [1.54, 1.807) is 41.3 Å². The molecule has 0 aliphatic carbocycles. The molecule has 3 rings (SSSR count). The third-order valence-electron chi connectivity index (χ3n) is 4.36. The van der Waals surface area contributed by atoms with E-state index in [0.717, 1.165) is 17.7 Å². The van der Waals surface area contributed by atoms with Crippen LogP contribution in [0.4, 0.5) is 11.4 Å². The first-order valence-corrected chi connectivity index (χ1v) is 9.88. The number of amides is 1. The third-order valence-corrected chi connectivity index (χ3v) is 5.76. The number of nitrogens with zero attached hydrogens (tertiary/aromatic N) is 1. The highest BCUT2D eigenvalue weighted by Crippen LogP contribution is 2.25. The average molecular weight is 358 g/mol. The van der Waals surface area contributed by atoms with Crippen molar-refractivity contribution in [3.05, 3.63) is 54.1 Å². The summed E-state index contributed by atoms with van der Waals surface area (Å²) in [6.45, 7) is 4.84. The maximum atomic E-state index is 12.5. The normalized spacial score (nSPS) is 15.0. The van der Waals surface area contributed by atoms with Crippen molar-refractivity contribution in [2.45, 2.75) is 37.5 Å². The fourth-order valence-corrected chi connectivity index (χ4v) is 3.94. The SMILES string of the molecule is CC(C)c1ccc(S(=O)(=O)Nc2ccc(N3CCCC3=O)cc2)cc1. The fraction of sp³-hybridized carbons (Fsp3) is 0.316. The van der Waals surface area contributed by atoms with E-state index >= 15 is 0 Å². The topological polar surface area (TPSA) is 66.5 Å². The van der Waals surface area contributed by atoms with Gasteiger partial charge in [-0.2, -0.15) is 0 Å². The molecule has 1 aliphatic rings. The van der Waals surface area contributed by atoms with Gasteiger partial charge < -0.3 is 4.90 Å². The molecule has 0 spiro atoms. The van der Waals surface area contributed by atoms with Gasteiger partial charge in [0.1, 0.15) is 0 Å². The van der Waals surface area contributed by atoms with Crippen LogP contribution < -0.4 is 9.62 Å². The molecule has 0 aromatic heterocycles. The van der Waals surface area contributed by atoms with Crippen LogP contribution in [-0.2, 0) is 14.8 Å². The van der Waals surface area contributed by atoms with Gasteiger partial charge in [-0.05, 0) is 54.3 Å². The van der Waals surface area contributed by atoms with Crippen LogP contribution in [0.1, 0.15) is 38.2 Å². The second-order valence-electron chi connectivity index (χ2n) is 6.53. The van der Waals surface area contributed by atoms with Gasteiger partial charge in [-0.25, -0.2) is 8.42 Å². The summed E-state index contributed by atoms with van der Waals surface area (Å²) in [7, 11) is -3.63. The zero-order chi connectivity index (χ0) is 18.0. The van der Waals surface area contributed by atoms with Crippen LogP contribution in [0.25, 0.3) is 0 Å². The Morgan fingerprint density at radius 3 is 2.16 bits per heavy atom. The average Bonchev–Trinajstić information content (AvgIpc) is 3.01. The predicted octanol–water partition coefficient (Wildman–Crippen LogP) is 3.74. The summed E-state index contributed by atoms with van der Waals surface area (Å²) in [6, 6.07) is 13.8. The van der Waals surface area contributed by atoms with E-state index in [1.807, 2.05) is 12.1 Å². The molecular weight excluding hydrogens is 336 g/mol. The second-order valence-corrected chi connectivity index (χ2v) is 8.21. The molecule has 0 saturated carbocycles. The van der Waals surface area contributed by atoms with Gasteiger partial charge in [0.25, 0.3) is 10.0 Å². The smallest absolute Gasteiger partial charge is 0.261 e. The molecule has 132 valence electrons. The van der Waals surface area contributed by atoms with E-state index in [2.05, 4.69) is 18.6 Å². The molecule has 0 atom stereocenters. The van der Waals surface area contributed by atoms with Gasteiger partial charge in [-0.1, -0.05) is 26.0 Å². The summed E-state index contributed by atoms with van der Waals surface area (Å²) in [5.41, 5.74) is 2.37. The van der Waals surface area contributed by atoms with Crippen LogP contribution in [0, 0.1) is 0 Å². The Kier molecular flexibility index (Phi) is 4.81. The van der Waals surface area contributed by atoms with Gasteiger partial charge in [0.15, 0.2) is 0 Å². The molecule has 1 aliphatic heterocycles. The Morgan fingerprint density at radius 2 is 1.64 bits per heavy atom. The van der Waals surface area contributed by atoms with Crippen molar-refractivity contribution in [3.8, 4) is 0 Å². The molecule has 1 fully saturated rings. The lowest BCUT2D eigenvalue weighted by Gasteiger charge is -2.16. The van der Waals surface area contributed by atoms with Crippen molar-refractivity contribution in [2.75, 3.05) is 16.2 Å². The molecule has 0 bridgehead atoms. The minimum absolute atomic E-state index is 0.110. The molecule has 0 radical (unpaired) electrons. The van der Waals surface area contributed by atoms with E-state index < -0.39 is 10.0 Å². The van der Waals surface area contributed by atoms with Crippen LogP contribution in [0.5, 0.6) is 0 Å². The van der Waals surface area contributed by atoms with Crippen LogP contribution in [-0.4, -0.2) is 20.9 Å². The summed E-state index contributed by atoms with van der Waals surface area (Å²) < 4.78 is 27.6. The van der Waals surface area contributed by atoms with E-state index in [4.69, 9.17) is 0 Å². The minimum atomic E-state index is -3.63. The molecule has 25 heavy (non-hydrogen) atoms. The maximum Gasteiger partial charge on any atom is 0.261 e. The molecular formula is C19H22N2O3S. The summed E-state index contributed by atoms with van der Waals surface area (Å²) >= 11 is 0. The van der Waals surface area contributed by atoms with E-state index in [9.17, 15) is 13.2 Å². The Labute approximate surface area is 148 Å². The molecule has 2 aromatic rings. The van der Waals surface area contributed by atoms with Crippen LogP contribution in [0.2, 0.25) is 0 Å². The number of rotatable bonds is 5. The standard InChI is InChI=1S/C19H22N2O3S/c1-14(2)15-5-11-18(12-6-15)25(23,24)20-16-7-9-17(10-8-16)21-13-3-4-19(21)22/h5-12,14,20H,3-4,13H2,1-2H3. The summed E-state index contributed by atoms with van der Waals surface area (Å²) in [5.74, 6) is 0.462. The molecule has 1 heterocycles. The number of sulfonamides is 1. The largest absolute Gasteiger partial charge is 0.312 e. The van der Waals surface area contributed by atoms with E-state index in [1.165, 1.54) is 0 Å². The lowest BCUT2D eigenvalue weighted by atomic mass is 10.0. The molecule has 1 N–H and O–H groups in total. The van der Waals surface area contributed by atoms with Gasteiger partial charge in [0.05, 0.1) is 4.90 Å². The highest BCUT2D eigenvalue weighted by atomic mass is 32.2. The first kappa shape index (κ1) is 17.5. The Balaban J connectivity index is 1.75. The zero-order valence-electron chi connectivity index (χ0n) is 14.4. The Hall–Kier alpha value is -2.34. The minimum Gasteiger partial charge on any atom is -0.312 e. The van der Waals surface area contributed by atoms with Crippen LogP contribution in [0.15, 0.2) is 53.4 Å². The highest BCUT2D eigenvalue weighted by molar-refractivity contribution is 7.92. The van der Waals surface area contributed by atoms with Crippen molar-refractivity contribution in [1.82, 2.24) is 0 Å². The monoisotopic (exact) mass is 358 g/mol. The summed E-state index contributed by atoms with van der Waals surface area (Å²) in [6.07, 6.45) is 1.43. The van der Waals surface area contributed by atoms with Crippen molar-refractivity contribution >= 4 is 27.3 Å². The number of anilines is 2. The van der Waals surface area contributed by atoms with Crippen molar-refractivity contribution in [1.29, 1.82) is 0 Å². The molecule has 5 nitrogen and oxygen atoms in total. The van der Waals surface area contributed by atoms with Crippen molar-refractivity contribution in [3.63, 3.8) is 0 Å². The number of carbonyl (C=O) groups is 1. The maximum absolute atomic E-state index is 12.5. The van der Waals surface area contributed by atoms with Gasteiger partial charge in [0, 0.05) is 24.3 Å². The quantitative estimate of drug-likeness (QED) is 0.885. The number of nitrogens with one attached hydrogen (secondary N) is 1. The van der Waals surface area contributed by atoms with Gasteiger partial charge in [-0.3, -0.25) is 9.52 Å². The van der Waals surface area contributed by atoms with Crippen molar-refractivity contribution < 1.29 is 13.2 Å². The molecule has 6 heteroatoms. The van der Waals surface area contributed by atoms with Gasteiger partial charge >= 0.3 is 0 Å². The van der Waals surface area contributed by atoms with Gasteiger partial charge in [0.2, 0.25) is 5.91 Å². The van der Waals surface area contributed by atoms with E-state index in [0.29, 0.717) is 24.6 Å². The number of carbonyl (C=O) groups excluding carboxylic acids is 1. The fourth-order valence-electron chi connectivity index (χ4n) is 2.88. The zero-order valence-corrected chi connectivity index (χ0v) is 15.2. The first-order chi connectivity index (χ1) is 11.9. The van der Waals surface area contributed by atoms with Crippen molar-refractivity contribution in [2.24, 2.45) is 0 Å². The lowest BCUT2D eigenvalue weighted by molar-refractivity contribution is -0.117. The van der Waals surface area contributed by atoms with Gasteiger partial charge in [-0.15, -0.1) is 0 Å². The Morgan fingerprint density at radius 1 is 1.00 bits per heavy atom. The molecule has 2 aromatic carbocycles. The highest BCUT2D eigenvalue weighted by Gasteiger charge is 2.21. The number of hydrogen-bond acceptors (Lipinski definition) is 3. The van der Waals surface area contributed by atoms with E-state index in [-0.39, 0.29) is 10.8 Å². The molecule has 1 amide bonds. The first-order valence-electron chi connectivity index (χ1n) is 8.40. The summed E-state index contributed by atoms with van der Waals surface area (Å²) in [5, 5.41) is 0. The Bertz CT molecular complexity index is 857. The molecule has 0 unspecified atom stereocenters. The second kappa shape index (κ2) is 6.88. The van der Waals surface area contributed by atoms with Crippen LogP contribution in [0.3, 0.4) is 0 Å². The summed E-state index contributed by atoms with van der Waals surface area (Å²) in [4.78, 5) is 13.7. The molecule has 1 saturated heterocycles. The number of hydrogen-bond donors (Lipinski definition) is 1. The van der Waals surface area contributed by atoms with Crippen LogP contribution >= 0.6 is 0 Å². The lowest BCUT2D eigenvalue weighted by Crippen LogP contribution is -2.23.